The molecule has 0 fully saturated rings. The first-order valence-corrected chi connectivity index (χ1v) is 9.14. The van der Waals surface area contributed by atoms with Crippen LogP contribution in [0.25, 0.3) is 10.9 Å². The first kappa shape index (κ1) is 18.7. The van der Waals surface area contributed by atoms with E-state index in [4.69, 9.17) is 0 Å². The summed E-state index contributed by atoms with van der Waals surface area (Å²) in [5, 5.41) is 18.2. The van der Waals surface area contributed by atoms with Crippen LogP contribution in [0.5, 0.6) is 0 Å². The molecule has 0 saturated heterocycles. The Bertz CT molecular complexity index is 1230. The van der Waals surface area contributed by atoms with Gasteiger partial charge in [-0.25, -0.2) is 14.4 Å². The minimum Gasteiger partial charge on any atom is -0.334 e. The number of nitrogens with zero attached hydrogens (tertiary/aromatic N) is 4. The minimum absolute atomic E-state index is 0.0265. The summed E-state index contributed by atoms with van der Waals surface area (Å²) >= 11 is 3.17. The fourth-order valence-electron chi connectivity index (χ4n) is 2.79. The Labute approximate surface area is 172 Å². The van der Waals surface area contributed by atoms with Crippen LogP contribution in [-0.4, -0.2) is 19.9 Å². The first-order chi connectivity index (χ1) is 14.0. The molecule has 0 radical (unpaired) electrons. The summed E-state index contributed by atoms with van der Waals surface area (Å²) in [5.74, 6) is -0.740. The average molecular weight is 455 g/mol. The van der Waals surface area contributed by atoms with Gasteiger partial charge in [0.2, 0.25) is 11.6 Å². The second-order valence-corrected chi connectivity index (χ2v) is 6.84. The molecule has 29 heavy (non-hydrogen) atoms. The summed E-state index contributed by atoms with van der Waals surface area (Å²) in [7, 11) is 0. The highest BCUT2D eigenvalue weighted by Crippen LogP contribution is 2.35. The maximum absolute atomic E-state index is 14.2. The van der Waals surface area contributed by atoms with Crippen LogP contribution in [-0.2, 0) is 0 Å². The fourth-order valence-corrected chi connectivity index (χ4v) is 3.13. The average Bonchev–Trinajstić information content (AvgIpc) is 2.70. The summed E-state index contributed by atoms with van der Waals surface area (Å²) < 4.78 is 14.7. The molecule has 2 aromatic carbocycles. The number of anilines is 4. The number of pyridine rings is 1. The van der Waals surface area contributed by atoms with Gasteiger partial charge in [-0.05, 0) is 42.5 Å². The Morgan fingerprint density at radius 3 is 2.45 bits per heavy atom. The van der Waals surface area contributed by atoms with Crippen molar-refractivity contribution in [3.8, 4) is 0 Å². The Hall–Kier alpha value is -3.66. The largest absolute Gasteiger partial charge is 0.353 e. The van der Waals surface area contributed by atoms with E-state index in [-0.39, 0.29) is 17.3 Å². The van der Waals surface area contributed by atoms with Gasteiger partial charge >= 0.3 is 5.69 Å². The number of aromatic nitrogens is 3. The highest BCUT2D eigenvalue weighted by atomic mass is 79.9. The number of fused-ring (bicyclic) bond motifs is 1. The molecule has 0 aliphatic heterocycles. The molecule has 0 atom stereocenters. The number of halogens is 2. The van der Waals surface area contributed by atoms with E-state index >= 15 is 0 Å². The Morgan fingerprint density at radius 2 is 1.72 bits per heavy atom. The maximum atomic E-state index is 14.2. The van der Waals surface area contributed by atoms with Crippen molar-refractivity contribution in [3.05, 3.63) is 81.5 Å². The summed E-state index contributed by atoms with van der Waals surface area (Å²) in [6.07, 6.45) is 2.83. The van der Waals surface area contributed by atoms with E-state index in [1.807, 2.05) is 12.1 Å². The van der Waals surface area contributed by atoms with Gasteiger partial charge in [0.05, 0.1) is 16.1 Å². The summed E-state index contributed by atoms with van der Waals surface area (Å²) in [5.41, 5.74) is 0.966. The molecule has 0 aliphatic carbocycles. The third-order valence-corrected chi connectivity index (χ3v) is 4.58. The number of hydrogen-bond donors (Lipinski definition) is 2. The van der Waals surface area contributed by atoms with Gasteiger partial charge in [-0.2, -0.15) is 0 Å². The van der Waals surface area contributed by atoms with Gasteiger partial charge in [0, 0.05) is 21.7 Å². The predicted octanol–water partition coefficient (Wildman–Crippen LogP) is 5.32. The smallest absolute Gasteiger partial charge is 0.334 e. The zero-order chi connectivity index (χ0) is 20.4. The molecule has 0 aliphatic rings. The van der Waals surface area contributed by atoms with E-state index in [1.54, 1.807) is 30.5 Å². The lowest BCUT2D eigenvalue weighted by molar-refractivity contribution is -0.383. The molecule has 2 N–H and O–H groups in total. The zero-order valence-electron chi connectivity index (χ0n) is 14.6. The van der Waals surface area contributed by atoms with Gasteiger partial charge < -0.3 is 10.6 Å². The van der Waals surface area contributed by atoms with Crippen molar-refractivity contribution in [3.63, 3.8) is 0 Å². The second-order valence-electron chi connectivity index (χ2n) is 5.93. The lowest BCUT2D eigenvalue weighted by Gasteiger charge is -2.12. The van der Waals surface area contributed by atoms with Gasteiger partial charge in [0.25, 0.3) is 0 Å². The van der Waals surface area contributed by atoms with Gasteiger partial charge in [-0.1, -0.05) is 22.0 Å². The van der Waals surface area contributed by atoms with Crippen molar-refractivity contribution >= 4 is 55.5 Å². The number of benzene rings is 2. The van der Waals surface area contributed by atoms with Crippen LogP contribution in [0.1, 0.15) is 0 Å². The molecule has 0 unspecified atom stereocenters. The predicted molar refractivity (Wildman–Crippen MR) is 111 cm³/mol. The lowest BCUT2D eigenvalue weighted by Crippen LogP contribution is -2.06. The number of hydrogen-bond acceptors (Lipinski definition) is 7. The van der Waals surface area contributed by atoms with Gasteiger partial charge in [0.1, 0.15) is 12.1 Å². The standard InChI is InChI=1S/C19H12BrFN6O2/c20-11-6-7-16(13(21)9-11)26-19-17(27(28)29)18(23-10-24-19)25-15-5-1-4-14-12(15)3-2-8-22-14/h1-10H,(H2,23,24,25,26). The Morgan fingerprint density at radius 1 is 0.966 bits per heavy atom. The van der Waals surface area contributed by atoms with Crippen LogP contribution >= 0.6 is 15.9 Å². The normalized spacial score (nSPS) is 10.7. The van der Waals surface area contributed by atoms with E-state index in [2.05, 4.69) is 41.5 Å². The van der Waals surface area contributed by atoms with Crippen molar-refractivity contribution in [2.45, 2.75) is 0 Å². The second kappa shape index (κ2) is 7.76. The molecular weight excluding hydrogens is 443 g/mol. The quantitative estimate of drug-likeness (QED) is 0.310. The number of nitro groups is 1. The Balaban J connectivity index is 1.76. The molecule has 0 spiro atoms. The molecular formula is C19H12BrFN6O2. The molecule has 8 nitrogen and oxygen atoms in total. The summed E-state index contributed by atoms with van der Waals surface area (Å²) in [6, 6.07) is 13.3. The molecule has 2 aromatic heterocycles. The van der Waals surface area contributed by atoms with Crippen LogP contribution in [0.15, 0.2) is 65.5 Å². The molecule has 0 saturated carbocycles. The fraction of sp³-hybridized carbons (Fsp3) is 0. The van der Waals surface area contributed by atoms with Crippen LogP contribution in [0.2, 0.25) is 0 Å². The van der Waals surface area contributed by atoms with E-state index in [0.29, 0.717) is 10.2 Å². The minimum atomic E-state index is -0.620. The highest BCUT2D eigenvalue weighted by molar-refractivity contribution is 9.10. The summed E-state index contributed by atoms with van der Waals surface area (Å²) in [6.45, 7) is 0. The molecule has 10 heteroatoms. The SMILES string of the molecule is O=[N+]([O-])c1c(Nc2ccc(Br)cc2F)ncnc1Nc1cccc2ncccc12. The van der Waals surface area contributed by atoms with Gasteiger partial charge in [-0.3, -0.25) is 15.1 Å². The highest BCUT2D eigenvalue weighted by Gasteiger charge is 2.24. The van der Waals surface area contributed by atoms with Crippen LogP contribution < -0.4 is 10.6 Å². The van der Waals surface area contributed by atoms with Crippen molar-refractivity contribution in [1.29, 1.82) is 0 Å². The molecule has 0 amide bonds. The van der Waals surface area contributed by atoms with Gasteiger partial charge in [-0.15, -0.1) is 0 Å². The van der Waals surface area contributed by atoms with Crippen LogP contribution in [0, 0.1) is 15.9 Å². The zero-order valence-corrected chi connectivity index (χ0v) is 16.2. The molecule has 0 bridgehead atoms. The first-order valence-electron chi connectivity index (χ1n) is 8.35. The maximum Gasteiger partial charge on any atom is 0.353 e. The van der Waals surface area contributed by atoms with E-state index < -0.39 is 16.4 Å². The monoisotopic (exact) mass is 454 g/mol. The third-order valence-electron chi connectivity index (χ3n) is 4.09. The third kappa shape index (κ3) is 3.83. The number of rotatable bonds is 5. The molecule has 144 valence electrons. The van der Waals surface area contributed by atoms with Crippen molar-refractivity contribution in [1.82, 2.24) is 15.0 Å². The van der Waals surface area contributed by atoms with Crippen molar-refractivity contribution in [2.75, 3.05) is 10.6 Å². The van der Waals surface area contributed by atoms with Crippen LogP contribution in [0.3, 0.4) is 0 Å². The summed E-state index contributed by atoms with van der Waals surface area (Å²) in [4.78, 5) is 23.3. The molecule has 2 heterocycles. The van der Waals surface area contributed by atoms with Crippen molar-refractivity contribution < 1.29 is 9.31 Å². The van der Waals surface area contributed by atoms with E-state index in [9.17, 15) is 14.5 Å². The van der Waals surface area contributed by atoms with E-state index in [1.165, 1.54) is 12.1 Å². The Kier molecular flexibility index (Phi) is 5.00. The lowest BCUT2D eigenvalue weighted by atomic mass is 10.2. The molecule has 4 rings (SSSR count). The molecule has 4 aromatic rings. The topological polar surface area (TPSA) is 106 Å². The van der Waals surface area contributed by atoms with Gasteiger partial charge in [0.15, 0.2) is 0 Å². The van der Waals surface area contributed by atoms with Crippen molar-refractivity contribution in [2.24, 2.45) is 0 Å². The van der Waals surface area contributed by atoms with E-state index in [0.717, 1.165) is 17.2 Å². The number of nitrogens with one attached hydrogen (secondary N) is 2. The van der Waals surface area contributed by atoms with Crippen LogP contribution in [0.4, 0.5) is 33.1 Å².